The summed E-state index contributed by atoms with van der Waals surface area (Å²) in [4.78, 5) is 13.0. The Morgan fingerprint density at radius 3 is 2.47 bits per heavy atom. The Kier molecular flexibility index (Phi) is 7.02. The van der Waals surface area contributed by atoms with Crippen LogP contribution in [-0.2, 0) is 4.79 Å². The molecule has 0 aromatic heterocycles. The van der Waals surface area contributed by atoms with E-state index in [2.05, 4.69) is 20.8 Å². The third kappa shape index (κ3) is 8.75. The highest BCUT2D eigenvalue weighted by atomic mass is 32.2. The molecule has 0 aliphatic heterocycles. The fraction of sp³-hybridized carbons (Fsp3) is 0.909. The number of hydrogen-bond donors (Lipinski definition) is 1. The van der Waals surface area contributed by atoms with Crippen LogP contribution in [0.15, 0.2) is 0 Å². The zero-order valence-electron chi connectivity index (χ0n) is 10.2. The van der Waals surface area contributed by atoms with Crippen molar-refractivity contribution in [1.29, 1.82) is 0 Å². The van der Waals surface area contributed by atoms with E-state index in [9.17, 15) is 4.79 Å². The third-order valence-electron chi connectivity index (χ3n) is 1.93. The van der Waals surface area contributed by atoms with E-state index in [1.165, 1.54) is 0 Å². The van der Waals surface area contributed by atoms with E-state index in [-0.39, 0.29) is 17.3 Å². The van der Waals surface area contributed by atoms with Crippen molar-refractivity contribution < 1.29 is 9.90 Å². The highest BCUT2D eigenvalue weighted by Gasteiger charge is 2.11. The van der Waals surface area contributed by atoms with Crippen molar-refractivity contribution in [2.24, 2.45) is 0 Å². The second kappa shape index (κ2) is 7.12. The normalized spacial score (nSPS) is 11.5. The molecule has 0 fully saturated rings. The predicted octanol–water partition coefficient (Wildman–Crippen LogP) is 1.75. The van der Waals surface area contributed by atoms with Gasteiger partial charge in [0.15, 0.2) is 0 Å². The number of rotatable bonds is 6. The first-order valence-corrected chi connectivity index (χ1v) is 6.34. The van der Waals surface area contributed by atoms with Crippen molar-refractivity contribution in [3.63, 3.8) is 0 Å². The van der Waals surface area contributed by atoms with E-state index in [0.29, 0.717) is 13.0 Å². The predicted molar refractivity (Wildman–Crippen MR) is 66.2 cm³/mol. The van der Waals surface area contributed by atoms with E-state index in [1.807, 2.05) is 11.8 Å². The molecule has 0 heterocycles. The first-order valence-electron chi connectivity index (χ1n) is 5.35. The highest BCUT2D eigenvalue weighted by Crippen LogP contribution is 2.24. The quantitative estimate of drug-likeness (QED) is 0.711. The number of nitrogens with zero attached hydrogens (tertiary/aromatic N) is 1. The molecule has 0 aliphatic carbocycles. The van der Waals surface area contributed by atoms with Gasteiger partial charge in [-0.25, -0.2) is 0 Å². The molecule has 0 aromatic rings. The molecule has 1 amide bonds. The summed E-state index contributed by atoms with van der Waals surface area (Å²) in [5.74, 6) is 1.14. The first-order chi connectivity index (χ1) is 6.87. The first kappa shape index (κ1) is 14.8. The number of carbonyl (C=O) groups is 1. The average molecular weight is 233 g/mol. The van der Waals surface area contributed by atoms with Crippen molar-refractivity contribution in [2.75, 3.05) is 26.0 Å². The molecule has 0 saturated carbocycles. The van der Waals surface area contributed by atoms with E-state index in [0.717, 1.165) is 12.2 Å². The van der Waals surface area contributed by atoms with Crippen LogP contribution in [0, 0.1) is 0 Å². The molecule has 90 valence electrons. The molecule has 0 saturated heterocycles. The molecule has 4 heteroatoms. The Bertz CT molecular complexity index is 190. The minimum absolute atomic E-state index is 0.0407. The second-order valence-electron chi connectivity index (χ2n) is 4.60. The smallest absolute Gasteiger partial charge is 0.222 e. The lowest BCUT2D eigenvalue weighted by Gasteiger charge is -2.18. The van der Waals surface area contributed by atoms with E-state index >= 15 is 0 Å². The van der Waals surface area contributed by atoms with Gasteiger partial charge in [0.2, 0.25) is 5.91 Å². The van der Waals surface area contributed by atoms with Gasteiger partial charge in [-0.2, -0.15) is 11.8 Å². The lowest BCUT2D eigenvalue weighted by atomic mass is 10.3. The maximum absolute atomic E-state index is 11.5. The molecule has 0 spiro atoms. The molecule has 1 N–H and O–H groups in total. The number of hydrogen-bond acceptors (Lipinski definition) is 3. The van der Waals surface area contributed by atoms with Gasteiger partial charge >= 0.3 is 0 Å². The second-order valence-corrected chi connectivity index (χ2v) is 6.52. The van der Waals surface area contributed by atoms with Gasteiger partial charge in [0.1, 0.15) is 0 Å². The number of aliphatic hydroxyl groups is 1. The standard InChI is InChI=1S/C11H23NO2S/c1-11(2,3)15-9-5-6-10(14)12(4)7-8-13/h13H,5-9H2,1-4H3. The van der Waals surface area contributed by atoms with Crippen LogP contribution in [0.2, 0.25) is 0 Å². The Balaban J connectivity index is 3.55. The maximum atomic E-state index is 11.5. The van der Waals surface area contributed by atoms with E-state index < -0.39 is 0 Å². The van der Waals surface area contributed by atoms with E-state index in [1.54, 1.807) is 11.9 Å². The number of likely N-dealkylation sites (N-methyl/N-ethyl adjacent to an activating group) is 1. The van der Waals surface area contributed by atoms with Crippen LogP contribution in [0.4, 0.5) is 0 Å². The third-order valence-corrected chi connectivity index (χ3v) is 3.29. The summed E-state index contributed by atoms with van der Waals surface area (Å²) in [6, 6.07) is 0. The van der Waals surface area contributed by atoms with Crippen LogP contribution in [0.25, 0.3) is 0 Å². The molecule has 0 atom stereocenters. The Hall–Kier alpha value is -0.220. The van der Waals surface area contributed by atoms with Crippen LogP contribution < -0.4 is 0 Å². The summed E-state index contributed by atoms with van der Waals surface area (Å²) in [7, 11) is 1.73. The van der Waals surface area contributed by atoms with Gasteiger partial charge < -0.3 is 10.0 Å². The van der Waals surface area contributed by atoms with E-state index in [4.69, 9.17) is 5.11 Å². The Morgan fingerprint density at radius 1 is 1.40 bits per heavy atom. The SMILES string of the molecule is CN(CCO)C(=O)CCCSC(C)(C)C. The van der Waals surface area contributed by atoms with Gasteiger partial charge in [0.05, 0.1) is 6.61 Å². The number of amides is 1. The average Bonchev–Trinajstić information content (AvgIpc) is 2.11. The molecular formula is C11H23NO2S. The van der Waals surface area contributed by atoms with Crippen LogP contribution in [0.3, 0.4) is 0 Å². The summed E-state index contributed by atoms with van der Waals surface area (Å²) in [6.07, 6.45) is 1.50. The van der Waals surface area contributed by atoms with Crippen LogP contribution in [0.5, 0.6) is 0 Å². The molecule has 3 nitrogen and oxygen atoms in total. The van der Waals surface area contributed by atoms with Gasteiger partial charge in [-0.3, -0.25) is 4.79 Å². The molecule has 0 aliphatic rings. The topological polar surface area (TPSA) is 40.5 Å². The van der Waals surface area contributed by atoms with Crippen molar-refractivity contribution in [2.45, 2.75) is 38.4 Å². The molecular weight excluding hydrogens is 210 g/mol. The summed E-state index contributed by atoms with van der Waals surface area (Å²) < 4.78 is 0.278. The van der Waals surface area contributed by atoms with Gasteiger partial charge in [-0.05, 0) is 12.2 Å². The number of aliphatic hydroxyl groups excluding tert-OH is 1. The largest absolute Gasteiger partial charge is 0.395 e. The summed E-state index contributed by atoms with van der Waals surface area (Å²) in [5.41, 5.74) is 0. The minimum Gasteiger partial charge on any atom is -0.395 e. The van der Waals surface area contributed by atoms with Crippen LogP contribution >= 0.6 is 11.8 Å². The Labute approximate surface area is 97.2 Å². The maximum Gasteiger partial charge on any atom is 0.222 e. The minimum atomic E-state index is 0.0407. The fourth-order valence-corrected chi connectivity index (χ4v) is 1.97. The monoisotopic (exact) mass is 233 g/mol. The summed E-state index contributed by atoms with van der Waals surface area (Å²) in [6.45, 7) is 7.01. The molecule has 0 unspecified atom stereocenters. The molecule has 15 heavy (non-hydrogen) atoms. The zero-order valence-corrected chi connectivity index (χ0v) is 11.1. The molecule has 0 aromatic carbocycles. The van der Waals surface area contributed by atoms with Gasteiger partial charge in [0.25, 0.3) is 0 Å². The molecule has 0 rings (SSSR count). The lowest BCUT2D eigenvalue weighted by molar-refractivity contribution is -0.130. The zero-order chi connectivity index (χ0) is 11.9. The van der Waals surface area contributed by atoms with Crippen LogP contribution in [-0.4, -0.2) is 46.6 Å². The highest BCUT2D eigenvalue weighted by molar-refractivity contribution is 8.00. The lowest BCUT2D eigenvalue weighted by Crippen LogP contribution is -2.29. The van der Waals surface area contributed by atoms with Gasteiger partial charge in [-0.1, -0.05) is 20.8 Å². The number of carbonyl (C=O) groups excluding carboxylic acids is 1. The van der Waals surface area contributed by atoms with Crippen molar-refractivity contribution >= 4 is 17.7 Å². The summed E-state index contributed by atoms with van der Waals surface area (Å²) >= 11 is 1.88. The van der Waals surface area contributed by atoms with Crippen molar-refractivity contribution in [3.05, 3.63) is 0 Å². The number of thioether (sulfide) groups is 1. The van der Waals surface area contributed by atoms with Gasteiger partial charge in [0, 0.05) is 24.8 Å². The fourth-order valence-electron chi connectivity index (χ4n) is 1.07. The summed E-state index contributed by atoms with van der Waals surface area (Å²) in [5, 5.41) is 8.67. The molecule has 0 radical (unpaired) electrons. The van der Waals surface area contributed by atoms with Gasteiger partial charge in [-0.15, -0.1) is 0 Å². The Morgan fingerprint density at radius 2 is 2.00 bits per heavy atom. The van der Waals surface area contributed by atoms with Crippen molar-refractivity contribution in [3.8, 4) is 0 Å². The molecule has 0 bridgehead atoms. The van der Waals surface area contributed by atoms with Crippen LogP contribution in [0.1, 0.15) is 33.6 Å². The van der Waals surface area contributed by atoms with Crippen molar-refractivity contribution in [1.82, 2.24) is 4.90 Å².